The molecule has 0 saturated heterocycles. The largest absolute Gasteiger partial charge is 0.508 e. The second-order valence-corrected chi connectivity index (χ2v) is 6.43. The number of ether oxygens (including phenoxy) is 1. The number of phenolic OH excluding ortho intramolecular Hbond substituents is 1. The van der Waals surface area contributed by atoms with E-state index in [9.17, 15) is 19.8 Å². The van der Waals surface area contributed by atoms with Gasteiger partial charge in [-0.3, -0.25) is 4.79 Å². The summed E-state index contributed by atoms with van der Waals surface area (Å²) in [6.07, 6.45) is 0.515. The number of methoxy groups -OCH3 is 1. The Balaban J connectivity index is 1.66. The lowest BCUT2D eigenvalue weighted by Gasteiger charge is -2.10. The molecule has 3 N–H and O–H groups in total. The van der Waals surface area contributed by atoms with Gasteiger partial charge in [0.1, 0.15) is 11.5 Å². The van der Waals surface area contributed by atoms with Crippen molar-refractivity contribution in [3.63, 3.8) is 0 Å². The molecule has 144 valence electrons. The third-order valence-electron chi connectivity index (χ3n) is 4.57. The summed E-state index contributed by atoms with van der Waals surface area (Å²) in [4.78, 5) is 23.5. The smallest absolute Gasteiger partial charge is 0.335 e. The second-order valence-electron chi connectivity index (χ2n) is 6.43. The maximum absolute atomic E-state index is 12.2. The van der Waals surface area contributed by atoms with Gasteiger partial charge in [0.15, 0.2) is 0 Å². The SMILES string of the molecule is COc1ccc2cccc(CCNC(=O)Cc3cc(O)ccc3C(=O)O)c2c1. The van der Waals surface area contributed by atoms with Crippen molar-refractivity contribution in [2.75, 3.05) is 13.7 Å². The van der Waals surface area contributed by atoms with Gasteiger partial charge in [-0.15, -0.1) is 0 Å². The van der Waals surface area contributed by atoms with Crippen LogP contribution in [0.25, 0.3) is 10.8 Å². The highest BCUT2D eigenvalue weighted by atomic mass is 16.5. The van der Waals surface area contributed by atoms with Crippen LogP contribution >= 0.6 is 0 Å². The summed E-state index contributed by atoms with van der Waals surface area (Å²) in [5.74, 6) is -0.731. The predicted octanol–water partition coefficient (Wildman–Crippen LogP) is 3.15. The van der Waals surface area contributed by atoms with E-state index in [1.807, 2.05) is 36.4 Å². The molecule has 0 aliphatic rings. The summed E-state index contributed by atoms with van der Waals surface area (Å²) in [6.45, 7) is 0.413. The molecule has 0 spiro atoms. The topological polar surface area (TPSA) is 95.9 Å². The number of hydrogen-bond donors (Lipinski definition) is 3. The number of hydrogen-bond acceptors (Lipinski definition) is 4. The monoisotopic (exact) mass is 379 g/mol. The lowest BCUT2D eigenvalue weighted by Crippen LogP contribution is -2.27. The first-order valence-corrected chi connectivity index (χ1v) is 8.85. The predicted molar refractivity (Wildman–Crippen MR) is 106 cm³/mol. The Morgan fingerprint density at radius 3 is 2.61 bits per heavy atom. The van der Waals surface area contributed by atoms with Gasteiger partial charge in [0.2, 0.25) is 5.91 Å². The Kier molecular flexibility index (Phi) is 5.79. The molecular weight excluding hydrogens is 358 g/mol. The molecule has 0 fully saturated rings. The van der Waals surface area contributed by atoms with Gasteiger partial charge in [-0.25, -0.2) is 4.79 Å². The van der Waals surface area contributed by atoms with E-state index in [1.165, 1.54) is 18.2 Å². The Hall–Kier alpha value is -3.54. The maximum atomic E-state index is 12.2. The summed E-state index contributed by atoms with van der Waals surface area (Å²) in [7, 11) is 1.62. The molecule has 0 saturated carbocycles. The summed E-state index contributed by atoms with van der Waals surface area (Å²) >= 11 is 0. The quantitative estimate of drug-likeness (QED) is 0.586. The molecule has 0 heterocycles. The number of aromatic carboxylic acids is 1. The number of amides is 1. The van der Waals surface area contributed by atoms with Crippen molar-refractivity contribution in [2.24, 2.45) is 0 Å². The Labute approximate surface area is 162 Å². The summed E-state index contributed by atoms with van der Waals surface area (Å²) in [5.41, 5.74) is 1.37. The first-order valence-electron chi connectivity index (χ1n) is 8.85. The number of nitrogens with one attached hydrogen (secondary N) is 1. The molecule has 28 heavy (non-hydrogen) atoms. The fourth-order valence-corrected chi connectivity index (χ4v) is 3.17. The summed E-state index contributed by atoms with van der Waals surface area (Å²) < 4.78 is 5.29. The number of fused-ring (bicyclic) bond motifs is 1. The summed E-state index contributed by atoms with van der Waals surface area (Å²) in [5, 5.41) is 23.8. The third kappa shape index (κ3) is 4.40. The molecule has 0 aromatic heterocycles. The maximum Gasteiger partial charge on any atom is 0.335 e. The Morgan fingerprint density at radius 1 is 1.04 bits per heavy atom. The standard InChI is InChI=1S/C22H21NO5/c1-28-18-7-5-14-3-2-4-15(20(14)13-18)9-10-23-21(25)12-16-11-17(24)6-8-19(16)22(26)27/h2-8,11,13,24H,9-10,12H2,1H3,(H,23,25)(H,26,27). The number of aromatic hydroxyl groups is 1. The molecule has 6 heteroatoms. The average Bonchev–Trinajstić information content (AvgIpc) is 2.67. The second kappa shape index (κ2) is 8.43. The minimum atomic E-state index is -1.13. The van der Waals surface area contributed by atoms with Crippen molar-refractivity contribution in [3.05, 3.63) is 71.3 Å². The van der Waals surface area contributed by atoms with Crippen LogP contribution in [0.4, 0.5) is 0 Å². The third-order valence-corrected chi connectivity index (χ3v) is 4.57. The highest BCUT2D eigenvalue weighted by Gasteiger charge is 2.14. The van der Waals surface area contributed by atoms with Crippen LogP contribution in [0.5, 0.6) is 11.5 Å². The van der Waals surface area contributed by atoms with Gasteiger partial charge in [-0.05, 0) is 58.7 Å². The van der Waals surface area contributed by atoms with Gasteiger partial charge in [-0.1, -0.05) is 24.3 Å². The normalized spacial score (nSPS) is 10.6. The Morgan fingerprint density at radius 2 is 1.86 bits per heavy atom. The van der Waals surface area contributed by atoms with E-state index in [4.69, 9.17) is 4.74 Å². The lowest BCUT2D eigenvalue weighted by atomic mass is 10.0. The number of phenols is 1. The van der Waals surface area contributed by atoms with Gasteiger partial charge >= 0.3 is 5.97 Å². The molecule has 0 bridgehead atoms. The fourth-order valence-electron chi connectivity index (χ4n) is 3.17. The fraction of sp³-hybridized carbons (Fsp3) is 0.182. The highest BCUT2D eigenvalue weighted by Crippen LogP contribution is 2.24. The van der Waals surface area contributed by atoms with Gasteiger partial charge < -0.3 is 20.3 Å². The number of carboxylic acids is 1. The zero-order valence-electron chi connectivity index (χ0n) is 15.4. The van der Waals surface area contributed by atoms with Crippen molar-refractivity contribution in [1.29, 1.82) is 0 Å². The van der Waals surface area contributed by atoms with Crippen LogP contribution in [0.3, 0.4) is 0 Å². The van der Waals surface area contributed by atoms with Crippen LogP contribution in [0.15, 0.2) is 54.6 Å². The van der Waals surface area contributed by atoms with Gasteiger partial charge in [0, 0.05) is 6.54 Å². The Bertz CT molecular complexity index is 1030. The molecule has 0 aliphatic heterocycles. The number of carboxylic acid groups (broad SMARTS) is 1. The molecule has 0 aliphatic carbocycles. The first-order chi connectivity index (χ1) is 13.5. The van der Waals surface area contributed by atoms with E-state index in [1.54, 1.807) is 7.11 Å². The zero-order chi connectivity index (χ0) is 20.1. The van der Waals surface area contributed by atoms with Crippen LogP contribution in [0.1, 0.15) is 21.5 Å². The van der Waals surface area contributed by atoms with Crippen LogP contribution in [0, 0.1) is 0 Å². The van der Waals surface area contributed by atoms with E-state index < -0.39 is 5.97 Å². The van der Waals surface area contributed by atoms with Crippen LogP contribution in [0.2, 0.25) is 0 Å². The van der Waals surface area contributed by atoms with Crippen molar-refractivity contribution in [2.45, 2.75) is 12.8 Å². The van der Waals surface area contributed by atoms with E-state index in [0.717, 1.165) is 22.1 Å². The van der Waals surface area contributed by atoms with Crippen molar-refractivity contribution in [3.8, 4) is 11.5 Å². The van der Waals surface area contributed by atoms with E-state index >= 15 is 0 Å². The van der Waals surface area contributed by atoms with Gasteiger partial charge in [0.05, 0.1) is 19.1 Å². The van der Waals surface area contributed by atoms with Crippen LogP contribution in [-0.4, -0.2) is 35.7 Å². The van der Waals surface area contributed by atoms with Crippen molar-refractivity contribution >= 4 is 22.6 Å². The number of rotatable bonds is 7. The number of carbonyl (C=O) groups is 2. The molecule has 3 aromatic carbocycles. The zero-order valence-corrected chi connectivity index (χ0v) is 15.4. The van der Waals surface area contributed by atoms with E-state index in [2.05, 4.69) is 5.32 Å². The molecule has 3 aromatic rings. The highest BCUT2D eigenvalue weighted by molar-refractivity contribution is 5.92. The van der Waals surface area contributed by atoms with E-state index in [-0.39, 0.29) is 29.2 Å². The molecule has 0 unspecified atom stereocenters. The summed E-state index contributed by atoms with van der Waals surface area (Å²) in [6, 6.07) is 15.8. The number of carbonyl (C=O) groups excluding carboxylic acids is 1. The minimum Gasteiger partial charge on any atom is -0.508 e. The molecule has 0 atom stereocenters. The van der Waals surface area contributed by atoms with Crippen LogP contribution in [-0.2, 0) is 17.6 Å². The van der Waals surface area contributed by atoms with Gasteiger partial charge in [0.25, 0.3) is 0 Å². The lowest BCUT2D eigenvalue weighted by molar-refractivity contribution is -0.120. The molecule has 0 radical (unpaired) electrons. The molecule has 6 nitrogen and oxygen atoms in total. The molecule has 3 rings (SSSR count). The average molecular weight is 379 g/mol. The van der Waals surface area contributed by atoms with Crippen molar-refractivity contribution in [1.82, 2.24) is 5.32 Å². The van der Waals surface area contributed by atoms with E-state index in [0.29, 0.717) is 13.0 Å². The molecular formula is C22H21NO5. The van der Waals surface area contributed by atoms with Crippen molar-refractivity contribution < 1.29 is 24.5 Å². The molecule has 1 amide bonds. The number of benzene rings is 3. The van der Waals surface area contributed by atoms with Gasteiger partial charge in [-0.2, -0.15) is 0 Å². The minimum absolute atomic E-state index is 0.00842. The first kappa shape index (κ1) is 19.2. The van der Waals surface area contributed by atoms with Crippen LogP contribution < -0.4 is 10.1 Å².